The number of carbonyl (C=O) groups is 1. The maximum Gasteiger partial charge on any atom is 0.254 e. The molecule has 1 aromatic rings. The Morgan fingerprint density at radius 1 is 1.37 bits per heavy atom. The van der Waals surface area contributed by atoms with Gasteiger partial charge in [-0.3, -0.25) is 9.69 Å². The van der Waals surface area contributed by atoms with E-state index in [1.807, 2.05) is 0 Å². The fourth-order valence-corrected chi connectivity index (χ4v) is 1.85. The molecule has 1 N–H and O–H groups in total. The molecule has 1 amide bonds. The van der Waals surface area contributed by atoms with Crippen molar-refractivity contribution in [2.45, 2.75) is 0 Å². The molecule has 6 heteroatoms. The number of hydrogen-bond donors (Lipinski definition) is 1. The van der Waals surface area contributed by atoms with Crippen molar-refractivity contribution in [3.05, 3.63) is 29.8 Å². The number of aliphatic imine (C=N–C) groups is 1. The topological polar surface area (TPSA) is 71.0 Å². The molecule has 100 valence electrons. The first-order valence-electron chi connectivity index (χ1n) is 6.06. The van der Waals surface area contributed by atoms with Gasteiger partial charge in [0.2, 0.25) is 6.08 Å². The first-order chi connectivity index (χ1) is 9.31. The van der Waals surface area contributed by atoms with Gasteiger partial charge >= 0.3 is 0 Å². The molecule has 1 aromatic carbocycles. The first-order valence-corrected chi connectivity index (χ1v) is 6.06. The van der Waals surface area contributed by atoms with Gasteiger partial charge in [-0.2, -0.15) is 4.99 Å². The van der Waals surface area contributed by atoms with Crippen LogP contribution >= 0.6 is 0 Å². The van der Waals surface area contributed by atoms with Crippen molar-refractivity contribution in [2.75, 3.05) is 33.0 Å². The van der Waals surface area contributed by atoms with Crippen LogP contribution in [-0.4, -0.2) is 49.9 Å². The van der Waals surface area contributed by atoms with Crippen LogP contribution in [0.3, 0.4) is 0 Å². The molecule has 0 bridgehead atoms. The highest BCUT2D eigenvalue weighted by Gasteiger charge is 2.14. The number of carbonyl (C=O) groups excluding carboxylic acids is 2. The molecule has 0 atom stereocenters. The molecule has 2 rings (SSSR count). The Kier molecular flexibility index (Phi) is 4.80. The van der Waals surface area contributed by atoms with Crippen molar-refractivity contribution >= 4 is 17.7 Å². The summed E-state index contributed by atoms with van der Waals surface area (Å²) in [5.74, 6) is -0.249. The van der Waals surface area contributed by atoms with E-state index in [4.69, 9.17) is 4.74 Å². The van der Waals surface area contributed by atoms with Crippen molar-refractivity contribution in [1.82, 2.24) is 10.2 Å². The van der Waals surface area contributed by atoms with Gasteiger partial charge in [-0.15, -0.1) is 0 Å². The molecule has 1 aliphatic rings. The molecule has 0 unspecified atom stereocenters. The molecule has 0 saturated carbocycles. The summed E-state index contributed by atoms with van der Waals surface area (Å²) in [6, 6.07) is 6.68. The van der Waals surface area contributed by atoms with Crippen molar-refractivity contribution in [3.8, 4) is 0 Å². The highest BCUT2D eigenvalue weighted by molar-refractivity contribution is 5.99. The second-order valence-corrected chi connectivity index (χ2v) is 4.11. The van der Waals surface area contributed by atoms with Crippen LogP contribution in [0.15, 0.2) is 29.3 Å². The van der Waals surface area contributed by atoms with Gasteiger partial charge in [0.1, 0.15) is 0 Å². The van der Waals surface area contributed by atoms with Gasteiger partial charge in [-0.05, 0) is 12.1 Å². The zero-order chi connectivity index (χ0) is 13.5. The lowest BCUT2D eigenvalue weighted by atomic mass is 10.1. The van der Waals surface area contributed by atoms with Crippen LogP contribution in [-0.2, 0) is 9.53 Å². The van der Waals surface area contributed by atoms with Gasteiger partial charge in [0.15, 0.2) is 0 Å². The maximum atomic E-state index is 12.0. The first kappa shape index (κ1) is 13.4. The fraction of sp³-hybridized carbons (Fsp3) is 0.385. The second-order valence-electron chi connectivity index (χ2n) is 4.11. The number of isocyanates is 1. The molecule has 6 nitrogen and oxygen atoms in total. The lowest BCUT2D eigenvalue weighted by Crippen LogP contribution is -2.43. The monoisotopic (exact) mass is 261 g/mol. The lowest BCUT2D eigenvalue weighted by molar-refractivity contribution is 0.0334. The van der Waals surface area contributed by atoms with Gasteiger partial charge in [0, 0.05) is 13.1 Å². The van der Waals surface area contributed by atoms with E-state index in [0.29, 0.717) is 31.1 Å². The Hall–Kier alpha value is -2.01. The number of morpholine rings is 1. The third-order valence-electron chi connectivity index (χ3n) is 2.88. The molecule has 1 heterocycles. The Morgan fingerprint density at radius 2 is 2.11 bits per heavy atom. The van der Waals surface area contributed by atoms with Crippen LogP contribution in [0.25, 0.3) is 0 Å². The van der Waals surface area contributed by atoms with Gasteiger partial charge in [-0.25, -0.2) is 4.79 Å². The van der Waals surface area contributed by atoms with Gasteiger partial charge in [-0.1, -0.05) is 12.1 Å². The molecule has 1 saturated heterocycles. The number of nitrogens with one attached hydrogen (secondary N) is 1. The average Bonchev–Trinajstić information content (AvgIpc) is 2.47. The van der Waals surface area contributed by atoms with Gasteiger partial charge < -0.3 is 10.1 Å². The molecule has 1 aliphatic heterocycles. The number of amides is 1. The number of rotatable bonds is 4. The van der Waals surface area contributed by atoms with E-state index in [0.717, 1.165) is 13.1 Å². The van der Waals surface area contributed by atoms with E-state index >= 15 is 0 Å². The molecule has 0 aliphatic carbocycles. The quantitative estimate of drug-likeness (QED) is 0.639. The number of benzene rings is 1. The minimum atomic E-state index is -0.249. The van der Waals surface area contributed by atoms with Crippen molar-refractivity contribution in [2.24, 2.45) is 4.99 Å². The zero-order valence-corrected chi connectivity index (χ0v) is 10.5. The van der Waals surface area contributed by atoms with Crippen LogP contribution in [0.2, 0.25) is 0 Å². The molecule has 1 fully saturated rings. The van der Waals surface area contributed by atoms with E-state index < -0.39 is 0 Å². The smallest absolute Gasteiger partial charge is 0.254 e. The molecular weight excluding hydrogens is 246 g/mol. The van der Waals surface area contributed by atoms with E-state index in [1.54, 1.807) is 24.3 Å². The SMILES string of the molecule is O=C=Nc1ccccc1C(=O)NCN1CCOCC1. The summed E-state index contributed by atoms with van der Waals surface area (Å²) in [5, 5.41) is 2.81. The van der Waals surface area contributed by atoms with Crippen molar-refractivity contribution in [1.29, 1.82) is 0 Å². The average molecular weight is 261 g/mol. The largest absolute Gasteiger partial charge is 0.379 e. The summed E-state index contributed by atoms with van der Waals surface area (Å²) in [7, 11) is 0. The summed E-state index contributed by atoms with van der Waals surface area (Å²) in [6.07, 6.45) is 1.45. The summed E-state index contributed by atoms with van der Waals surface area (Å²) < 4.78 is 5.23. The number of ether oxygens (including phenoxy) is 1. The molecule has 19 heavy (non-hydrogen) atoms. The van der Waals surface area contributed by atoms with Gasteiger partial charge in [0.25, 0.3) is 5.91 Å². The van der Waals surface area contributed by atoms with Crippen LogP contribution < -0.4 is 5.32 Å². The molecule has 0 radical (unpaired) electrons. The summed E-state index contributed by atoms with van der Waals surface area (Å²) in [5.41, 5.74) is 0.705. The number of para-hydroxylation sites is 1. The van der Waals surface area contributed by atoms with E-state index in [-0.39, 0.29) is 5.91 Å². The van der Waals surface area contributed by atoms with Crippen LogP contribution in [0, 0.1) is 0 Å². The minimum Gasteiger partial charge on any atom is -0.379 e. The van der Waals surface area contributed by atoms with Crippen LogP contribution in [0.1, 0.15) is 10.4 Å². The number of nitrogens with zero attached hydrogens (tertiary/aromatic N) is 2. The molecule has 0 spiro atoms. The second kappa shape index (κ2) is 6.80. The standard InChI is InChI=1S/C13H15N3O3/c17-10-15-12-4-2-1-3-11(12)13(18)14-9-16-5-7-19-8-6-16/h1-4H,5-9H2,(H,14,18). The predicted molar refractivity (Wildman–Crippen MR) is 68.9 cm³/mol. The number of hydrogen-bond acceptors (Lipinski definition) is 5. The highest BCUT2D eigenvalue weighted by Crippen LogP contribution is 2.17. The Morgan fingerprint density at radius 3 is 2.84 bits per heavy atom. The summed E-state index contributed by atoms with van der Waals surface area (Å²) in [4.78, 5) is 27.9. The van der Waals surface area contributed by atoms with Gasteiger partial charge in [0.05, 0.1) is 31.1 Å². The Labute approximate surface area is 111 Å². The molecule has 0 aromatic heterocycles. The highest BCUT2D eigenvalue weighted by atomic mass is 16.5. The third-order valence-corrected chi connectivity index (χ3v) is 2.88. The van der Waals surface area contributed by atoms with Crippen molar-refractivity contribution in [3.63, 3.8) is 0 Å². The minimum absolute atomic E-state index is 0.249. The zero-order valence-electron chi connectivity index (χ0n) is 10.5. The Bertz CT molecular complexity index is 492. The normalized spacial score (nSPS) is 15.6. The Balaban J connectivity index is 1.97. The lowest BCUT2D eigenvalue weighted by Gasteiger charge is -2.26. The fourth-order valence-electron chi connectivity index (χ4n) is 1.85. The van der Waals surface area contributed by atoms with E-state index in [1.165, 1.54) is 6.08 Å². The predicted octanol–water partition coefficient (Wildman–Crippen LogP) is 0.673. The van der Waals surface area contributed by atoms with Crippen LogP contribution in [0.5, 0.6) is 0 Å². The molecular formula is C13H15N3O3. The van der Waals surface area contributed by atoms with E-state index in [9.17, 15) is 9.59 Å². The van der Waals surface area contributed by atoms with Crippen LogP contribution in [0.4, 0.5) is 5.69 Å². The summed E-state index contributed by atoms with van der Waals surface area (Å²) >= 11 is 0. The van der Waals surface area contributed by atoms with Crippen molar-refractivity contribution < 1.29 is 14.3 Å². The van der Waals surface area contributed by atoms with E-state index in [2.05, 4.69) is 15.2 Å². The summed E-state index contributed by atoms with van der Waals surface area (Å²) in [6.45, 7) is 3.42. The third kappa shape index (κ3) is 3.72. The maximum absolute atomic E-state index is 12.0.